The van der Waals surface area contributed by atoms with Gasteiger partial charge in [0.25, 0.3) is 0 Å². The SMILES string of the molecule is CCOCc1ccc(NC(=O)NCC(C)(O)c2ccco2)cc1. The predicted octanol–water partition coefficient (Wildman–Crippen LogP) is 2.85. The topological polar surface area (TPSA) is 83.7 Å². The van der Waals surface area contributed by atoms with E-state index < -0.39 is 11.6 Å². The van der Waals surface area contributed by atoms with Gasteiger partial charge in [-0.3, -0.25) is 0 Å². The smallest absolute Gasteiger partial charge is 0.319 e. The third kappa shape index (κ3) is 5.12. The second-order valence-corrected chi connectivity index (χ2v) is 5.39. The fourth-order valence-corrected chi connectivity index (χ4v) is 2.00. The zero-order valence-electron chi connectivity index (χ0n) is 13.3. The number of carbonyl (C=O) groups excluding carboxylic acids is 1. The highest BCUT2D eigenvalue weighted by atomic mass is 16.5. The first-order chi connectivity index (χ1) is 11.0. The van der Waals surface area contributed by atoms with Crippen LogP contribution in [0.2, 0.25) is 0 Å². The number of rotatable bonds is 7. The molecule has 1 unspecified atom stereocenters. The Kier molecular flexibility index (Phi) is 5.78. The summed E-state index contributed by atoms with van der Waals surface area (Å²) in [4.78, 5) is 11.9. The second kappa shape index (κ2) is 7.80. The highest BCUT2D eigenvalue weighted by Crippen LogP contribution is 2.19. The summed E-state index contributed by atoms with van der Waals surface area (Å²) in [5, 5.41) is 15.6. The van der Waals surface area contributed by atoms with Crippen LogP contribution in [-0.4, -0.2) is 24.3 Å². The van der Waals surface area contributed by atoms with Gasteiger partial charge >= 0.3 is 6.03 Å². The normalized spacial score (nSPS) is 13.3. The lowest BCUT2D eigenvalue weighted by Gasteiger charge is -2.21. The average Bonchev–Trinajstić information content (AvgIpc) is 3.08. The van der Waals surface area contributed by atoms with E-state index in [-0.39, 0.29) is 6.54 Å². The first-order valence-corrected chi connectivity index (χ1v) is 7.49. The first-order valence-electron chi connectivity index (χ1n) is 7.49. The first kappa shape index (κ1) is 17.1. The van der Waals surface area contributed by atoms with Gasteiger partial charge in [-0.15, -0.1) is 0 Å². The van der Waals surface area contributed by atoms with Crippen molar-refractivity contribution < 1.29 is 19.1 Å². The molecule has 2 rings (SSSR count). The fraction of sp³-hybridized carbons (Fsp3) is 0.353. The van der Waals surface area contributed by atoms with E-state index in [2.05, 4.69) is 10.6 Å². The molecule has 1 aromatic heterocycles. The summed E-state index contributed by atoms with van der Waals surface area (Å²) in [6, 6.07) is 10.4. The maximum absolute atomic E-state index is 11.9. The average molecular weight is 318 g/mol. The van der Waals surface area contributed by atoms with Crippen LogP contribution in [0, 0.1) is 0 Å². The minimum absolute atomic E-state index is 0.0365. The van der Waals surface area contributed by atoms with E-state index in [9.17, 15) is 9.90 Å². The van der Waals surface area contributed by atoms with Crippen molar-refractivity contribution in [3.8, 4) is 0 Å². The Hall–Kier alpha value is -2.31. The molecule has 0 aliphatic heterocycles. The third-order valence-electron chi connectivity index (χ3n) is 3.33. The van der Waals surface area contributed by atoms with Crippen LogP contribution >= 0.6 is 0 Å². The molecule has 1 heterocycles. The Morgan fingerprint density at radius 1 is 1.30 bits per heavy atom. The number of carbonyl (C=O) groups is 1. The van der Waals surface area contributed by atoms with Gasteiger partial charge in [0, 0.05) is 12.3 Å². The highest BCUT2D eigenvalue weighted by molar-refractivity contribution is 5.89. The van der Waals surface area contributed by atoms with Crippen LogP contribution in [-0.2, 0) is 16.9 Å². The van der Waals surface area contributed by atoms with Gasteiger partial charge in [-0.1, -0.05) is 12.1 Å². The Morgan fingerprint density at radius 2 is 2.04 bits per heavy atom. The summed E-state index contributed by atoms with van der Waals surface area (Å²) in [6.45, 7) is 4.77. The number of urea groups is 1. The summed E-state index contributed by atoms with van der Waals surface area (Å²) in [7, 11) is 0. The van der Waals surface area contributed by atoms with Crippen LogP contribution in [0.5, 0.6) is 0 Å². The minimum atomic E-state index is -1.26. The molecule has 0 aliphatic carbocycles. The molecule has 0 radical (unpaired) electrons. The molecule has 0 saturated carbocycles. The minimum Gasteiger partial charge on any atom is -0.466 e. The van der Waals surface area contributed by atoms with E-state index in [1.807, 2.05) is 19.1 Å². The number of furan rings is 1. The second-order valence-electron chi connectivity index (χ2n) is 5.39. The van der Waals surface area contributed by atoms with Gasteiger partial charge in [0.1, 0.15) is 11.4 Å². The van der Waals surface area contributed by atoms with Crippen LogP contribution in [0.3, 0.4) is 0 Å². The molecule has 2 amide bonds. The van der Waals surface area contributed by atoms with Gasteiger partial charge in [-0.25, -0.2) is 4.79 Å². The summed E-state index contributed by atoms with van der Waals surface area (Å²) < 4.78 is 10.5. The van der Waals surface area contributed by atoms with E-state index in [4.69, 9.17) is 9.15 Å². The maximum atomic E-state index is 11.9. The van der Waals surface area contributed by atoms with Crippen molar-refractivity contribution in [1.29, 1.82) is 0 Å². The molecule has 23 heavy (non-hydrogen) atoms. The molecular weight excluding hydrogens is 296 g/mol. The lowest BCUT2D eigenvalue weighted by atomic mass is 10.0. The van der Waals surface area contributed by atoms with E-state index in [1.54, 1.807) is 31.2 Å². The number of hydrogen-bond acceptors (Lipinski definition) is 4. The number of amides is 2. The van der Waals surface area contributed by atoms with E-state index in [0.29, 0.717) is 24.7 Å². The predicted molar refractivity (Wildman–Crippen MR) is 87.1 cm³/mol. The highest BCUT2D eigenvalue weighted by Gasteiger charge is 2.26. The van der Waals surface area contributed by atoms with E-state index in [1.165, 1.54) is 6.26 Å². The van der Waals surface area contributed by atoms with Crippen LogP contribution < -0.4 is 10.6 Å². The van der Waals surface area contributed by atoms with Crippen LogP contribution in [0.1, 0.15) is 25.2 Å². The summed E-state index contributed by atoms with van der Waals surface area (Å²) >= 11 is 0. The van der Waals surface area contributed by atoms with Gasteiger partial charge in [-0.2, -0.15) is 0 Å². The van der Waals surface area contributed by atoms with Crippen molar-refractivity contribution >= 4 is 11.7 Å². The molecule has 0 aliphatic rings. The van der Waals surface area contributed by atoms with Gasteiger partial charge in [0.2, 0.25) is 0 Å². The van der Waals surface area contributed by atoms with Crippen molar-refractivity contribution in [2.75, 3.05) is 18.5 Å². The van der Waals surface area contributed by atoms with Crippen molar-refractivity contribution in [3.63, 3.8) is 0 Å². The van der Waals surface area contributed by atoms with Crippen molar-refractivity contribution in [3.05, 3.63) is 54.0 Å². The van der Waals surface area contributed by atoms with Crippen LogP contribution in [0.15, 0.2) is 47.1 Å². The van der Waals surface area contributed by atoms with Crippen molar-refractivity contribution in [2.45, 2.75) is 26.1 Å². The monoisotopic (exact) mass is 318 g/mol. The Labute approximate surface area is 135 Å². The number of hydrogen-bond donors (Lipinski definition) is 3. The fourth-order valence-electron chi connectivity index (χ4n) is 2.00. The molecule has 0 bridgehead atoms. The van der Waals surface area contributed by atoms with Gasteiger partial charge in [0.05, 0.1) is 19.4 Å². The number of ether oxygens (including phenoxy) is 1. The maximum Gasteiger partial charge on any atom is 0.319 e. The van der Waals surface area contributed by atoms with Gasteiger partial charge in [0.15, 0.2) is 0 Å². The van der Waals surface area contributed by atoms with Crippen LogP contribution in [0.25, 0.3) is 0 Å². The number of nitrogens with one attached hydrogen (secondary N) is 2. The zero-order chi connectivity index (χ0) is 16.7. The summed E-state index contributed by atoms with van der Waals surface area (Å²) in [5.74, 6) is 0.401. The summed E-state index contributed by atoms with van der Waals surface area (Å²) in [5.41, 5.74) is 0.446. The Morgan fingerprint density at radius 3 is 2.65 bits per heavy atom. The Bertz CT molecular complexity index is 606. The molecule has 2 aromatic rings. The lowest BCUT2D eigenvalue weighted by Crippen LogP contribution is -2.40. The molecule has 3 N–H and O–H groups in total. The molecule has 0 saturated heterocycles. The quantitative estimate of drug-likeness (QED) is 0.733. The van der Waals surface area contributed by atoms with Gasteiger partial charge < -0.3 is 24.9 Å². The summed E-state index contributed by atoms with van der Waals surface area (Å²) in [6.07, 6.45) is 1.48. The molecule has 0 fully saturated rings. The molecule has 1 atom stereocenters. The van der Waals surface area contributed by atoms with Crippen molar-refractivity contribution in [2.24, 2.45) is 0 Å². The molecular formula is C17H22N2O4. The molecule has 124 valence electrons. The van der Waals surface area contributed by atoms with Crippen LogP contribution in [0.4, 0.5) is 10.5 Å². The van der Waals surface area contributed by atoms with E-state index in [0.717, 1.165) is 5.56 Å². The van der Waals surface area contributed by atoms with E-state index >= 15 is 0 Å². The standard InChI is InChI=1S/C17H22N2O4/c1-3-22-11-13-6-8-14(9-7-13)19-16(20)18-12-17(2,21)15-5-4-10-23-15/h4-10,21H,3,11-12H2,1-2H3,(H2,18,19,20). The molecule has 6 nitrogen and oxygen atoms in total. The van der Waals surface area contributed by atoms with Crippen molar-refractivity contribution in [1.82, 2.24) is 5.32 Å². The molecule has 1 aromatic carbocycles. The number of aliphatic hydroxyl groups is 1. The zero-order valence-corrected chi connectivity index (χ0v) is 13.3. The largest absolute Gasteiger partial charge is 0.466 e. The Balaban J connectivity index is 1.82. The molecule has 6 heteroatoms. The number of benzene rings is 1. The third-order valence-corrected chi connectivity index (χ3v) is 3.33. The van der Waals surface area contributed by atoms with Gasteiger partial charge in [-0.05, 0) is 43.7 Å². The molecule has 0 spiro atoms. The number of anilines is 1. The lowest BCUT2D eigenvalue weighted by molar-refractivity contribution is 0.0372.